The zero-order valence-electron chi connectivity index (χ0n) is 86.4. The summed E-state index contributed by atoms with van der Waals surface area (Å²) in [5, 5.41) is 88.5. The topological polar surface area (TPSA) is 434 Å². The van der Waals surface area contributed by atoms with Gasteiger partial charge in [-0.3, -0.25) is 44.3 Å². The summed E-state index contributed by atoms with van der Waals surface area (Å²) in [4.78, 5) is 61.0. The number of ether oxygens (including phenoxy) is 13. The second kappa shape index (κ2) is 51.0. The molecular formula is C108H141Co3I3N8O25. The number of aliphatic imine (C=N–C) groups is 6. The number of rotatable bonds is 21. The van der Waals surface area contributed by atoms with Crippen molar-refractivity contribution in [3.63, 3.8) is 0 Å². The molecule has 17 rings (SSSR count). The molecule has 9 N–H and O–H groups in total. The van der Waals surface area contributed by atoms with E-state index in [0.29, 0.717) is 45.7 Å². The fourth-order valence-corrected chi connectivity index (χ4v) is 22.5. The Balaban J connectivity index is 0.000000256. The second-order valence-electron chi connectivity index (χ2n) is 41.3. The molecule has 7 aromatic carbocycles. The number of aliphatic carboxylic acids is 3. The smallest absolute Gasteiger partial charge is 0.300 e. The molecule has 7 aromatic rings. The van der Waals surface area contributed by atoms with E-state index < -0.39 is 89.1 Å². The van der Waals surface area contributed by atoms with Crippen molar-refractivity contribution in [3.8, 4) is 40.2 Å². The van der Waals surface area contributed by atoms with Crippen molar-refractivity contribution in [1.29, 1.82) is 0 Å². The summed E-state index contributed by atoms with van der Waals surface area (Å²) < 4.78 is 82.8. The van der Waals surface area contributed by atoms with Gasteiger partial charge in [0.1, 0.15) is 102 Å². The van der Waals surface area contributed by atoms with Gasteiger partial charge in [0, 0.05) is 221 Å². The number of carboxylic acid groups (broad SMARTS) is 3. The Morgan fingerprint density at radius 3 is 1.12 bits per heavy atom. The fourth-order valence-electron chi connectivity index (χ4n) is 19.8. The number of halogens is 3. The summed E-state index contributed by atoms with van der Waals surface area (Å²) in [6, 6.07) is 32.0. The molecule has 10 aliphatic heterocycles. The molecule has 33 nitrogen and oxygen atoms in total. The first-order chi connectivity index (χ1) is 67.0. The van der Waals surface area contributed by atoms with Crippen LogP contribution in [0.5, 0.6) is 40.2 Å². The minimum absolute atomic E-state index is 0. The number of hydrogen-bond acceptors (Lipinski definition) is 30. The summed E-state index contributed by atoms with van der Waals surface area (Å²) >= 11 is 6.38. The van der Waals surface area contributed by atoms with Crippen LogP contribution in [-0.2, 0) is 150 Å². The van der Waals surface area contributed by atoms with Crippen LogP contribution in [0.15, 0.2) is 133 Å². The summed E-state index contributed by atoms with van der Waals surface area (Å²) in [6.07, 6.45) is 9.60. The van der Waals surface area contributed by atoms with Crippen molar-refractivity contribution in [2.75, 3.05) is 96.8 Å². The molecule has 6 fully saturated rings. The summed E-state index contributed by atoms with van der Waals surface area (Å²) in [5.74, 6) is -3.37. The van der Waals surface area contributed by atoms with E-state index in [2.05, 4.69) is 155 Å². The number of carboxylic acids is 3. The summed E-state index contributed by atoms with van der Waals surface area (Å²) in [6.45, 7) is 41.7. The van der Waals surface area contributed by atoms with Crippen molar-refractivity contribution >= 4 is 134 Å². The van der Waals surface area contributed by atoms with Crippen molar-refractivity contribution in [2.24, 2.45) is 30.0 Å². The van der Waals surface area contributed by atoms with Crippen LogP contribution in [0.3, 0.4) is 0 Å². The Bertz CT molecular complexity index is 5920. The van der Waals surface area contributed by atoms with Gasteiger partial charge in [-0.05, 0) is 259 Å². The molecule has 0 bridgehead atoms. The Hall–Kier alpha value is -7.60. The quantitative estimate of drug-likeness (QED) is 0.0238. The fraction of sp³-hybridized carbons (Fsp3) is 0.528. The SMILES string of the molecule is C.CC(=O)O.CC(=O)O.CC(=O)O.CO[C@@H]1C2OC(C)(C)O[C@@H]2COC1(CN=Cc1cc(C)cc(I)c1O)N=Cc1cc(I)cc(I)c1O.CO[C@@H]1C2OC(C)(C)O[C@@H]2COC1(CN=Cc1cc2c3c(c1O)C(C)(C)CCN3CCC2(C)C)N=Cc1cc2c3c(c1O)C(C)(C)CCN3CCC2(C)C.CO[C@@H]1C2OC(C)(C)O[C@@H]2COC1(CN=Cc1ccc(C)cc1O)N=Cc1ccc(OCc2ccccc2)cc1O.[Co].[Co].[Co]. The molecule has 10 aliphatic rings. The van der Waals surface area contributed by atoms with E-state index in [1.54, 1.807) is 88.9 Å². The number of aryl methyl sites for hydroxylation is 2. The average molecular weight is 2510 g/mol. The molecule has 0 amide bonds. The van der Waals surface area contributed by atoms with E-state index in [9.17, 15) is 30.6 Å². The van der Waals surface area contributed by atoms with Crippen LogP contribution < -0.4 is 14.5 Å². The van der Waals surface area contributed by atoms with Gasteiger partial charge in [-0.1, -0.05) is 99.2 Å². The summed E-state index contributed by atoms with van der Waals surface area (Å²) in [7, 11) is 4.80. The van der Waals surface area contributed by atoms with E-state index in [1.165, 1.54) is 22.5 Å². The van der Waals surface area contributed by atoms with Crippen molar-refractivity contribution in [2.45, 2.75) is 282 Å². The molecule has 10 heterocycles. The van der Waals surface area contributed by atoms with Crippen LogP contribution in [0.2, 0.25) is 0 Å². The van der Waals surface area contributed by atoms with E-state index >= 15 is 0 Å². The molecule has 0 aromatic heterocycles. The van der Waals surface area contributed by atoms with E-state index in [1.807, 2.05) is 116 Å². The van der Waals surface area contributed by atoms with Crippen LogP contribution in [0, 0.1) is 24.6 Å². The molecule has 6 saturated heterocycles. The number of nitrogens with zero attached hydrogens (tertiary/aromatic N) is 8. The number of methoxy groups -OCH3 is 3. The number of hydrogen-bond donors (Lipinski definition) is 9. The largest absolute Gasteiger partial charge is 0.507 e. The van der Waals surface area contributed by atoms with E-state index in [4.69, 9.17) is 111 Å². The van der Waals surface area contributed by atoms with Gasteiger partial charge in [-0.25, -0.2) is 0 Å². The number of fused-ring (bicyclic) bond motifs is 3. The van der Waals surface area contributed by atoms with Gasteiger partial charge < -0.3 is 117 Å². The van der Waals surface area contributed by atoms with Crippen LogP contribution >= 0.6 is 67.8 Å². The van der Waals surface area contributed by atoms with Crippen LogP contribution in [0.25, 0.3) is 0 Å². The number of phenolic OH excluding ortho intramolecular Hbond substituents is 6. The van der Waals surface area contributed by atoms with Crippen molar-refractivity contribution in [1.82, 2.24) is 0 Å². The molecule has 12 atom stereocenters. The van der Waals surface area contributed by atoms with Crippen LogP contribution in [-0.4, -0.2) is 278 Å². The van der Waals surface area contributed by atoms with Crippen LogP contribution in [0.1, 0.15) is 223 Å². The molecule has 39 heteroatoms. The molecule has 0 saturated carbocycles. The maximum atomic E-state index is 12.1. The van der Waals surface area contributed by atoms with E-state index in [0.717, 1.165) is 111 Å². The van der Waals surface area contributed by atoms with Gasteiger partial charge >= 0.3 is 0 Å². The summed E-state index contributed by atoms with van der Waals surface area (Å²) in [5.41, 5.74) is 9.08. The third-order valence-electron chi connectivity index (χ3n) is 26.9. The van der Waals surface area contributed by atoms with Gasteiger partial charge in [0.05, 0.1) is 46.6 Å². The monoisotopic (exact) mass is 2510 g/mol. The van der Waals surface area contributed by atoms with Crippen molar-refractivity contribution < 1.29 is 172 Å². The van der Waals surface area contributed by atoms with Gasteiger partial charge in [0.25, 0.3) is 17.9 Å². The second-order valence-corrected chi connectivity index (χ2v) is 44.9. The first-order valence-electron chi connectivity index (χ1n) is 47.6. The number of anilines is 2. The molecule has 0 aliphatic carbocycles. The van der Waals surface area contributed by atoms with Gasteiger partial charge in [0.15, 0.2) is 17.4 Å². The van der Waals surface area contributed by atoms with Crippen molar-refractivity contribution in [3.05, 3.63) is 186 Å². The molecule has 0 spiro atoms. The maximum absolute atomic E-state index is 12.1. The van der Waals surface area contributed by atoms with Gasteiger partial charge in [-0.2, -0.15) is 0 Å². The molecule has 3 radical (unpaired) electrons. The standard InChI is InChI=1S/C44H62N4O6.C32H36N2O7.C25H27I3N2O6.3C2H4O2.CH4.3Co/c1-39(2)12-16-47-18-14-41(5,6)31-33(47)28(39)20-26(35(31)49)22-45-25-44(38(51-11)37-30(24-52-44)53-43(9,10)54-37)46-23-27-21-29-34-32(36(27)50)42(7,8)15-19-48(34)17-13-40(29,3)4;1-21-10-11-23(26(35)14-21)16-33-20-32(30(37-4)29-28(19-39-32)40-31(2,3)41-29)34-17-24-12-13-25(15-27(24)36)38-18-22-8-6-5-7-9-22;1-13-5-14(20(31)17(27)6-13)9-29-12-25(30-10-15-7-16(26)8-18(28)21(15)32)23(33-4)22-19(11-34-25)35-24(2,3)36-22;3*1-2(3)4;;;;/h20-23,30,37-38,49-50H,12-19,24-25H2,1-11H3;5-17,28-30,35-36H,18-20H2,1-4H3;5-10,19,22-23,31-32H,11-12H2,1-4H3;3*1H3,(H,3,4);1H4;;;/t30-,37?,38-,44?;28-,29?,30-,32?;19-,22?,23-,25?;;;;;;;/m111......./s1. The van der Waals surface area contributed by atoms with Gasteiger partial charge in [-0.15, -0.1) is 0 Å². The maximum Gasteiger partial charge on any atom is 0.300 e. The first-order valence-corrected chi connectivity index (χ1v) is 50.9. The first kappa shape index (κ1) is 125. The normalized spacial score (nSPS) is 25.8. The molecular weight excluding hydrogens is 2370 g/mol. The molecule has 6 unspecified atom stereocenters. The number of phenols is 6. The minimum atomic E-state index is -1.31. The predicted molar refractivity (Wildman–Crippen MR) is 579 cm³/mol. The number of benzene rings is 7. The molecule has 147 heavy (non-hydrogen) atoms. The van der Waals surface area contributed by atoms with Gasteiger partial charge in [0.2, 0.25) is 17.2 Å². The van der Waals surface area contributed by atoms with E-state index in [-0.39, 0.29) is 172 Å². The Morgan fingerprint density at radius 2 is 0.741 bits per heavy atom. The Morgan fingerprint density at radius 1 is 0.408 bits per heavy atom. The minimum Gasteiger partial charge on any atom is -0.507 e. The predicted octanol–water partition coefficient (Wildman–Crippen LogP) is 17.9. The number of carbonyl (C=O) groups is 3. The van der Waals surface area contributed by atoms with Crippen LogP contribution in [0.4, 0.5) is 11.4 Å². The number of aromatic hydroxyl groups is 6. The third kappa shape index (κ3) is 29.7. The average Bonchev–Trinajstić information content (AvgIpc) is 1.70. The zero-order chi connectivity index (χ0) is 105. The zero-order valence-corrected chi connectivity index (χ0v) is 95.9. The Kier molecular flexibility index (Phi) is 43.2. The Labute approximate surface area is 934 Å². The third-order valence-corrected chi connectivity index (χ3v) is 29.1. The molecule has 811 valence electrons.